The lowest BCUT2D eigenvalue weighted by Crippen LogP contribution is -2.32. The van der Waals surface area contributed by atoms with Gasteiger partial charge in [0.15, 0.2) is 11.6 Å². The average molecular weight is 1000 g/mol. The van der Waals surface area contributed by atoms with Gasteiger partial charge in [-0.3, -0.25) is 14.9 Å². The van der Waals surface area contributed by atoms with Gasteiger partial charge in [-0.15, -0.1) is 11.3 Å². The molecule has 9 aromatic carbocycles. The number of aromatic nitrogens is 5. The molecule has 4 aliphatic rings. The van der Waals surface area contributed by atoms with Crippen LogP contribution in [0.25, 0.3) is 98.2 Å². The zero-order chi connectivity index (χ0) is 50.1. The van der Waals surface area contributed by atoms with Crippen molar-refractivity contribution in [3.63, 3.8) is 0 Å². The number of hydrogen-bond donors (Lipinski definition) is 0. The van der Waals surface area contributed by atoms with E-state index < -0.39 is 5.41 Å². The molecule has 8 nitrogen and oxygen atoms in total. The van der Waals surface area contributed by atoms with E-state index in [0.29, 0.717) is 17.6 Å². The Labute approximate surface area is 444 Å². The Bertz CT molecular complexity index is 4800. The van der Waals surface area contributed by atoms with Crippen molar-refractivity contribution in [3.05, 3.63) is 246 Å². The van der Waals surface area contributed by atoms with Gasteiger partial charge in [0.2, 0.25) is 5.95 Å². The molecule has 0 atom stereocenters. The number of para-hydroxylation sites is 3. The van der Waals surface area contributed by atoms with Crippen LogP contribution in [-0.2, 0) is 18.3 Å². The predicted molar refractivity (Wildman–Crippen MR) is 311 cm³/mol. The second-order valence-electron chi connectivity index (χ2n) is 20.6. The van der Waals surface area contributed by atoms with Gasteiger partial charge in [0.1, 0.15) is 11.2 Å². The molecule has 1 aliphatic heterocycles. The van der Waals surface area contributed by atoms with E-state index in [1.807, 2.05) is 72.3 Å². The van der Waals surface area contributed by atoms with Crippen LogP contribution in [0.5, 0.6) is 0 Å². The molecule has 1 spiro atoms. The monoisotopic (exact) mass is 1000 g/mol. The number of benzene rings is 9. The minimum absolute atomic E-state index is 0.507. The van der Waals surface area contributed by atoms with Crippen molar-refractivity contribution in [2.75, 3.05) is 9.80 Å². The topological polar surface area (TPSA) is 84.1 Å². The molecule has 3 aliphatic carbocycles. The molecule has 0 fully saturated rings. The van der Waals surface area contributed by atoms with Gasteiger partial charge < -0.3 is 9.32 Å². The quantitative estimate of drug-likeness (QED) is 0.172. The van der Waals surface area contributed by atoms with E-state index in [-0.39, 0.29) is 0 Å². The van der Waals surface area contributed by atoms with Crippen molar-refractivity contribution < 1.29 is 4.42 Å². The van der Waals surface area contributed by atoms with E-state index >= 15 is 0 Å². The van der Waals surface area contributed by atoms with E-state index in [9.17, 15) is 0 Å². The molecule has 14 aromatic rings. The normalized spacial score (nSPS) is 14.2. The molecule has 77 heavy (non-hydrogen) atoms. The van der Waals surface area contributed by atoms with Crippen LogP contribution in [0.3, 0.4) is 0 Å². The summed E-state index contributed by atoms with van der Waals surface area (Å²) >= 11 is 1.90. The van der Waals surface area contributed by atoms with Crippen LogP contribution in [-0.4, -0.2) is 24.9 Å². The smallest absolute Gasteiger partial charge is 0.238 e. The predicted octanol–water partition coefficient (Wildman–Crippen LogP) is 17.1. The number of furan rings is 1. The summed E-state index contributed by atoms with van der Waals surface area (Å²) in [5.41, 5.74) is 20.0. The van der Waals surface area contributed by atoms with Crippen LogP contribution in [0.4, 0.5) is 34.4 Å². The summed E-state index contributed by atoms with van der Waals surface area (Å²) in [6.45, 7) is 0. The van der Waals surface area contributed by atoms with Crippen LogP contribution in [0.15, 0.2) is 217 Å². The van der Waals surface area contributed by atoms with Crippen LogP contribution < -0.4 is 9.80 Å². The first kappa shape index (κ1) is 41.5. The summed E-state index contributed by atoms with van der Waals surface area (Å²) in [6, 6.07) is 71.9. The standard InChI is InChI=1S/C68H39N7OS/c1-3-14-40(15-4-1)65-71-66(41-16-5-2-6-17-41)73-67(72-65)75-52-23-9-8-22-51(52)74(54-36-46-42-18-7-10-25-56(42)76-57(46)37-55(54)75)53-24-11-19-43-44-31-33-48-60(64(44)77-63(43)53)45-30-28-38-26-27-39-29-32-47(59(45)58(38)39)68(48)49-20-12-34-69-61(49)62-50(68)21-13-35-70-62/h1-25,28-37H,26-27H2. The lowest BCUT2D eigenvalue weighted by atomic mass is 9.61. The Hall–Kier alpha value is -9.83. The number of aryl methyl sites for hydroxylation is 2. The summed E-state index contributed by atoms with van der Waals surface area (Å²) in [7, 11) is 0. The number of thiophene rings is 1. The molecule has 5 aromatic heterocycles. The first-order valence-corrected chi connectivity index (χ1v) is 27.0. The number of fused-ring (bicyclic) bond motifs is 18. The maximum absolute atomic E-state index is 6.73. The molecule has 6 heterocycles. The molecular weight excluding hydrogens is 963 g/mol. The number of pyridine rings is 2. The Morgan fingerprint density at radius 3 is 1.77 bits per heavy atom. The van der Waals surface area contributed by atoms with E-state index in [1.165, 1.54) is 75.5 Å². The fraction of sp³-hybridized carbons (Fsp3) is 0.0441. The van der Waals surface area contributed by atoms with Gasteiger partial charge in [-0.2, -0.15) is 9.97 Å². The zero-order valence-electron chi connectivity index (χ0n) is 41.1. The molecule has 0 radical (unpaired) electrons. The highest BCUT2D eigenvalue weighted by Gasteiger charge is 2.52. The van der Waals surface area contributed by atoms with Gasteiger partial charge in [-0.25, -0.2) is 4.98 Å². The maximum Gasteiger partial charge on any atom is 0.238 e. The summed E-state index contributed by atoms with van der Waals surface area (Å²) in [4.78, 5) is 30.6. The third kappa shape index (κ3) is 5.42. The minimum Gasteiger partial charge on any atom is -0.456 e. The second-order valence-corrected chi connectivity index (χ2v) is 21.6. The molecule has 0 unspecified atom stereocenters. The Kier molecular flexibility index (Phi) is 8.17. The molecule has 0 N–H and O–H groups in total. The third-order valence-corrected chi connectivity index (χ3v) is 18.1. The first-order valence-electron chi connectivity index (χ1n) is 26.2. The summed E-state index contributed by atoms with van der Waals surface area (Å²) in [5, 5.41) is 7.31. The Balaban J connectivity index is 0.922. The largest absolute Gasteiger partial charge is 0.456 e. The molecule has 0 saturated carbocycles. The first-order chi connectivity index (χ1) is 38.2. The van der Waals surface area contributed by atoms with Crippen LogP contribution >= 0.6 is 11.3 Å². The summed E-state index contributed by atoms with van der Waals surface area (Å²) in [6.07, 6.45) is 5.93. The Morgan fingerprint density at radius 2 is 1.03 bits per heavy atom. The van der Waals surface area contributed by atoms with Gasteiger partial charge in [0.05, 0.1) is 49.9 Å². The van der Waals surface area contributed by atoms with Crippen molar-refractivity contribution in [2.45, 2.75) is 18.3 Å². The van der Waals surface area contributed by atoms with E-state index in [1.54, 1.807) is 0 Å². The molecule has 0 amide bonds. The maximum atomic E-state index is 6.73. The molecule has 358 valence electrons. The van der Waals surface area contributed by atoms with Gasteiger partial charge in [-0.05, 0) is 105 Å². The van der Waals surface area contributed by atoms with Crippen LogP contribution in [0, 0.1) is 0 Å². The number of rotatable bonds is 4. The van der Waals surface area contributed by atoms with Gasteiger partial charge in [0.25, 0.3) is 0 Å². The number of anilines is 6. The van der Waals surface area contributed by atoms with Crippen LogP contribution in [0.2, 0.25) is 0 Å². The van der Waals surface area contributed by atoms with Crippen molar-refractivity contribution >= 4 is 98.6 Å². The zero-order valence-corrected chi connectivity index (χ0v) is 41.9. The Morgan fingerprint density at radius 1 is 0.416 bits per heavy atom. The highest BCUT2D eigenvalue weighted by molar-refractivity contribution is 7.27. The van der Waals surface area contributed by atoms with Crippen molar-refractivity contribution in [1.29, 1.82) is 0 Å². The fourth-order valence-electron chi connectivity index (χ4n) is 13.7. The minimum atomic E-state index is -0.620. The lowest BCUT2D eigenvalue weighted by molar-refractivity contribution is 0.669. The highest BCUT2D eigenvalue weighted by atomic mass is 32.1. The summed E-state index contributed by atoms with van der Waals surface area (Å²) < 4.78 is 9.19. The number of nitrogens with zero attached hydrogens (tertiary/aromatic N) is 7. The van der Waals surface area contributed by atoms with Crippen molar-refractivity contribution in [3.8, 4) is 45.3 Å². The van der Waals surface area contributed by atoms with Gasteiger partial charge >= 0.3 is 0 Å². The average Bonchev–Trinajstić information content (AvgIpc) is 4.38. The number of hydrogen-bond acceptors (Lipinski definition) is 9. The molecule has 0 bridgehead atoms. The second kappa shape index (κ2) is 15.2. The SMILES string of the molecule is c1ccc(-c2nc(-c3ccccc3)nc(N3c4ccccc4N(c4cccc5c4sc4c6c(ccc45)C4(c5cccnc5-c5ncccc54)c4ccc5c7c(ccc-6c47)CC5)c4cc5c(cc43)oc3ccccc35)n2)cc1. The van der Waals surface area contributed by atoms with E-state index in [0.717, 1.165) is 85.7 Å². The van der Waals surface area contributed by atoms with E-state index in [2.05, 4.69) is 161 Å². The van der Waals surface area contributed by atoms with Crippen molar-refractivity contribution in [2.24, 2.45) is 0 Å². The fourth-order valence-corrected chi connectivity index (χ4v) is 15.1. The molecule has 18 rings (SSSR count). The van der Waals surface area contributed by atoms with Crippen LogP contribution in [0.1, 0.15) is 33.4 Å². The molecular formula is C68H39N7OS. The van der Waals surface area contributed by atoms with Gasteiger partial charge in [-0.1, -0.05) is 152 Å². The molecule has 9 heteroatoms. The van der Waals surface area contributed by atoms with E-state index in [4.69, 9.17) is 29.3 Å². The van der Waals surface area contributed by atoms with Crippen molar-refractivity contribution in [1.82, 2.24) is 24.9 Å². The molecule has 0 saturated heterocycles. The van der Waals surface area contributed by atoms with Gasteiger partial charge in [0, 0.05) is 61.4 Å². The highest BCUT2D eigenvalue weighted by Crippen LogP contribution is 2.64. The third-order valence-electron chi connectivity index (χ3n) is 16.8. The lowest BCUT2D eigenvalue weighted by Gasteiger charge is -2.40. The summed E-state index contributed by atoms with van der Waals surface area (Å²) in [5.74, 6) is 1.68.